The van der Waals surface area contributed by atoms with Crippen molar-refractivity contribution in [3.8, 4) is 23.7 Å². The van der Waals surface area contributed by atoms with Gasteiger partial charge in [-0.05, 0) is 30.9 Å². The lowest BCUT2D eigenvalue weighted by atomic mass is 10.4. The number of aliphatic hydroxyl groups is 1. The first-order valence-corrected chi connectivity index (χ1v) is 3.30. The summed E-state index contributed by atoms with van der Waals surface area (Å²) in [5.41, 5.74) is 0. The Kier molecular flexibility index (Phi) is 7.44. The molecule has 0 saturated carbocycles. The van der Waals surface area contributed by atoms with E-state index in [4.69, 9.17) is 5.11 Å². The highest BCUT2D eigenvalue weighted by molar-refractivity contribution is 5.33. The summed E-state index contributed by atoms with van der Waals surface area (Å²) in [4.78, 5) is 0. The molecule has 0 aliphatic rings. The molecule has 0 spiro atoms. The Morgan fingerprint density at radius 1 is 1.18 bits per heavy atom. The Hall–Kier alpha value is -1.44. The molecule has 0 fully saturated rings. The maximum atomic E-state index is 8.31. The largest absolute Gasteiger partial charge is 0.392 e. The molecule has 1 N–H and O–H groups in total. The maximum absolute atomic E-state index is 8.31. The van der Waals surface area contributed by atoms with E-state index in [-0.39, 0.29) is 6.61 Å². The predicted octanol–water partition coefficient (Wildman–Crippen LogP) is 1.12. The Labute approximate surface area is 67.4 Å². The van der Waals surface area contributed by atoms with Crippen molar-refractivity contribution >= 4 is 0 Å². The lowest BCUT2D eigenvalue weighted by Gasteiger charge is -1.68. The molecule has 0 radical (unpaired) electrons. The topological polar surface area (TPSA) is 20.2 Å². The molecule has 0 amide bonds. The van der Waals surface area contributed by atoms with Gasteiger partial charge in [0.05, 0.1) is 6.61 Å². The van der Waals surface area contributed by atoms with Crippen LogP contribution in [0.3, 0.4) is 0 Å². The summed E-state index contributed by atoms with van der Waals surface area (Å²) in [6.45, 7) is 1.92. The summed E-state index contributed by atoms with van der Waals surface area (Å²) < 4.78 is 0. The number of rotatable bonds is 1. The van der Waals surface area contributed by atoms with Crippen molar-refractivity contribution in [1.29, 1.82) is 0 Å². The zero-order chi connectivity index (χ0) is 8.36. The summed E-state index contributed by atoms with van der Waals surface area (Å²) in [5, 5.41) is 8.31. The van der Waals surface area contributed by atoms with E-state index in [2.05, 4.69) is 23.7 Å². The minimum atomic E-state index is 0.0248. The van der Waals surface area contributed by atoms with Gasteiger partial charge < -0.3 is 5.11 Å². The molecule has 1 heteroatoms. The van der Waals surface area contributed by atoms with Crippen LogP contribution in [-0.4, -0.2) is 11.7 Å². The second-order valence-corrected chi connectivity index (χ2v) is 1.62. The van der Waals surface area contributed by atoms with Gasteiger partial charge in [0, 0.05) is 0 Å². The number of aliphatic hydroxyl groups excluding tert-OH is 1. The third kappa shape index (κ3) is 8.56. The van der Waals surface area contributed by atoms with Gasteiger partial charge >= 0.3 is 0 Å². The average molecular weight is 146 g/mol. The molecule has 0 aromatic carbocycles. The van der Waals surface area contributed by atoms with Gasteiger partial charge in [0.2, 0.25) is 0 Å². The minimum absolute atomic E-state index is 0.0248. The van der Waals surface area contributed by atoms with Crippen LogP contribution in [0, 0.1) is 23.7 Å². The molecule has 0 aromatic heterocycles. The van der Waals surface area contributed by atoms with Crippen molar-refractivity contribution < 1.29 is 5.11 Å². The predicted molar refractivity (Wildman–Crippen MR) is 46.6 cm³/mol. The van der Waals surface area contributed by atoms with Gasteiger partial charge in [0.1, 0.15) is 0 Å². The zero-order valence-electron chi connectivity index (χ0n) is 6.46. The van der Waals surface area contributed by atoms with Crippen molar-refractivity contribution in [2.75, 3.05) is 6.61 Å². The lowest BCUT2D eigenvalue weighted by molar-refractivity contribution is 0.343. The Morgan fingerprint density at radius 2 is 1.82 bits per heavy atom. The zero-order valence-corrected chi connectivity index (χ0v) is 6.46. The molecule has 0 atom stereocenters. The van der Waals surface area contributed by atoms with Crippen LogP contribution in [0.2, 0.25) is 0 Å². The van der Waals surface area contributed by atoms with Crippen molar-refractivity contribution in [2.45, 2.75) is 6.92 Å². The fourth-order valence-corrected chi connectivity index (χ4v) is 0.350. The fraction of sp³-hybridized carbons (Fsp3) is 0.200. The van der Waals surface area contributed by atoms with E-state index in [0.29, 0.717) is 0 Å². The molecule has 11 heavy (non-hydrogen) atoms. The first kappa shape index (κ1) is 9.56. The highest BCUT2D eigenvalue weighted by atomic mass is 16.2. The van der Waals surface area contributed by atoms with Crippen LogP contribution in [0.4, 0.5) is 0 Å². The smallest absolute Gasteiger partial charge is 0.0621 e. The first-order valence-electron chi connectivity index (χ1n) is 3.30. The van der Waals surface area contributed by atoms with Gasteiger partial charge in [-0.3, -0.25) is 0 Å². The molecule has 0 rings (SSSR count). The molecule has 0 heterocycles. The van der Waals surface area contributed by atoms with E-state index in [1.807, 2.05) is 13.0 Å². The Balaban J connectivity index is 3.74. The van der Waals surface area contributed by atoms with E-state index in [1.54, 1.807) is 18.2 Å². The molecule has 0 aliphatic heterocycles. The molecule has 0 saturated heterocycles. The Morgan fingerprint density at radius 3 is 2.36 bits per heavy atom. The SMILES string of the molecule is CC=CC#CC#CC=CCO. The van der Waals surface area contributed by atoms with Crippen LogP contribution in [0.25, 0.3) is 0 Å². The summed E-state index contributed by atoms with van der Waals surface area (Å²) >= 11 is 0. The monoisotopic (exact) mass is 146 g/mol. The molecule has 0 aromatic rings. The number of allylic oxidation sites excluding steroid dienone is 3. The van der Waals surface area contributed by atoms with Gasteiger partial charge in [-0.2, -0.15) is 0 Å². The quantitative estimate of drug-likeness (QED) is 0.549. The fourth-order valence-electron chi connectivity index (χ4n) is 0.350. The second-order valence-electron chi connectivity index (χ2n) is 1.62. The number of hydrogen-bond acceptors (Lipinski definition) is 1. The molecule has 0 bridgehead atoms. The molecular weight excluding hydrogens is 136 g/mol. The van der Waals surface area contributed by atoms with Crippen LogP contribution < -0.4 is 0 Å². The van der Waals surface area contributed by atoms with Crippen molar-refractivity contribution in [2.24, 2.45) is 0 Å². The van der Waals surface area contributed by atoms with E-state index < -0.39 is 0 Å². The number of hydrogen-bond donors (Lipinski definition) is 1. The van der Waals surface area contributed by atoms with Crippen LogP contribution in [-0.2, 0) is 0 Å². The molecule has 0 aliphatic carbocycles. The van der Waals surface area contributed by atoms with Crippen LogP contribution in [0.15, 0.2) is 24.3 Å². The van der Waals surface area contributed by atoms with Crippen LogP contribution in [0.5, 0.6) is 0 Å². The van der Waals surface area contributed by atoms with Gasteiger partial charge in [-0.25, -0.2) is 0 Å². The molecule has 1 nitrogen and oxygen atoms in total. The highest BCUT2D eigenvalue weighted by Crippen LogP contribution is 1.66. The molecule has 0 unspecified atom stereocenters. The third-order valence-corrected chi connectivity index (χ3v) is 0.763. The summed E-state index contributed by atoms with van der Waals surface area (Å²) in [5.74, 6) is 10.6. The van der Waals surface area contributed by atoms with E-state index in [9.17, 15) is 0 Å². The van der Waals surface area contributed by atoms with Gasteiger partial charge in [-0.1, -0.05) is 24.0 Å². The third-order valence-electron chi connectivity index (χ3n) is 0.763. The van der Waals surface area contributed by atoms with E-state index in [1.165, 1.54) is 0 Å². The maximum Gasteiger partial charge on any atom is 0.0621 e. The van der Waals surface area contributed by atoms with Crippen LogP contribution >= 0.6 is 0 Å². The highest BCUT2D eigenvalue weighted by Gasteiger charge is 1.59. The average Bonchev–Trinajstić information content (AvgIpc) is 2.03. The van der Waals surface area contributed by atoms with Gasteiger partial charge in [0.25, 0.3) is 0 Å². The molecule has 56 valence electrons. The van der Waals surface area contributed by atoms with Gasteiger partial charge in [-0.15, -0.1) is 0 Å². The summed E-state index contributed by atoms with van der Waals surface area (Å²) in [6, 6.07) is 0. The normalized spacial score (nSPS) is 8.91. The van der Waals surface area contributed by atoms with Gasteiger partial charge in [0.15, 0.2) is 0 Å². The van der Waals surface area contributed by atoms with Crippen molar-refractivity contribution in [3.05, 3.63) is 24.3 Å². The molecular formula is C10H10O. The minimum Gasteiger partial charge on any atom is -0.392 e. The van der Waals surface area contributed by atoms with Crippen molar-refractivity contribution in [1.82, 2.24) is 0 Å². The van der Waals surface area contributed by atoms with E-state index >= 15 is 0 Å². The summed E-state index contributed by atoms with van der Waals surface area (Å²) in [6.07, 6.45) is 6.71. The van der Waals surface area contributed by atoms with Crippen LogP contribution in [0.1, 0.15) is 6.92 Å². The first-order chi connectivity index (χ1) is 5.41. The second kappa shape index (κ2) is 8.56. The standard InChI is InChI=1S/C10H10O/c1-2-3-4-5-6-7-8-9-10-11/h2-3,8-9,11H,10H2,1H3. The van der Waals surface area contributed by atoms with E-state index in [0.717, 1.165) is 0 Å². The van der Waals surface area contributed by atoms with Crippen molar-refractivity contribution in [3.63, 3.8) is 0 Å². The Bertz CT molecular complexity index is 250. The lowest BCUT2D eigenvalue weighted by Crippen LogP contribution is -1.67. The summed E-state index contributed by atoms with van der Waals surface area (Å²) in [7, 11) is 0.